The van der Waals surface area contributed by atoms with Crippen LogP contribution in [0.15, 0.2) is 0 Å². The third kappa shape index (κ3) is 1.94. The van der Waals surface area contributed by atoms with Gasteiger partial charge >= 0.3 is 3.41 Å². The Morgan fingerprint density at radius 3 is 1.00 bits per heavy atom. The molecule has 1 amide bonds. The topological polar surface area (TPSA) is 146 Å². The zero-order valence-electron chi connectivity index (χ0n) is 8.66. The van der Waals surface area contributed by atoms with Crippen LogP contribution >= 0.6 is 0 Å². The molecule has 0 rings (SSSR count). The van der Waals surface area contributed by atoms with E-state index in [4.69, 9.17) is 0 Å². The Labute approximate surface area is 93.6 Å². The number of carbonyl (C=O) groups excluding carboxylic acids is 1. The summed E-state index contributed by atoms with van der Waals surface area (Å²) in [6, 6.07) is 0. The Bertz CT molecular complexity index is 530. The maximum atomic E-state index is 11.3. The van der Waals surface area contributed by atoms with Crippen molar-refractivity contribution in [3.63, 3.8) is 0 Å². The van der Waals surface area contributed by atoms with Crippen LogP contribution in [0.25, 0.3) is 0 Å². The fraction of sp³-hybridized carbons (Fsp3) is 0.800. The van der Waals surface area contributed by atoms with Crippen molar-refractivity contribution in [1.82, 2.24) is 0 Å². The molecule has 0 unspecified atom stereocenters. The third-order valence-electron chi connectivity index (χ3n) is 1.77. The predicted octanol–water partition coefficient (Wildman–Crippen LogP) is -2.74. The van der Waals surface area contributed by atoms with Crippen molar-refractivity contribution in [2.45, 2.75) is 3.41 Å². The molecule has 96 valence electrons. The third-order valence-corrected chi connectivity index (χ3v) is 10.7. The molecule has 0 atom stereocenters. The Hall–Kier alpha value is -0.680. The summed E-state index contributed by atoms with van der Waals surface area (Å²) < 4.78 is 64.3. The lowest BCUT2D eigenvalue weighted by Gasteiger charge is -2.24. The number of amides is 1. The molecule has 16 heavy (non-hydrogen) atoms. The summed E-state index contributed by atoms with van der Waals surface area (Å²) in [4.78, 5) is 11.0. The summed E-state index contributed by atoms with van der Waals surface area (Å²) >= 11 is 0. The standard InChI is InChI=1S/C5H11NO7S3/c1-14(8,9)5(4(6)7,15(2,10)11)16(3,12)13/h1-3H3,(H2,6,7). The molecule has 8 nitrogen and oxygen atoms in total. The van der Waals surface area contributed by atoms with Crippen LogP contribution in [-0.2, 0) is 34.3 Å². The maximum absolute atomic E-state index is 11.3. The molecule has 0 heterocycles. The number of rotatable bonds is 4. The van der Waals surface area contributed by atoms with Gasteiger partial charge in [-0.05, 0) is 0 Å². The molecule has 0 saturated carbocycles. The molecule has 2 N–H and O–H groups in total. The minimum Gasteiger partial charge on any atom is -0.366 e. The van der Waals surface area contributed by atoms with E-state index in [1.807, 2.05) is 0 Å². The highest BCUT2D eigenvalue weighted by molar-refractivity contribution is 8.26. The van der Waals surface area contributed by atoms with Crippen LogP contribution in [0.5, 0.6) is 0 Å². The van der Waals surface area contributed by atoms with Gasteiger partial charge in [0.2, 0.25) is 0 Å². The van der Waals surface area contributed by atoms with E-state index in [-0.39, 0.29) is 0 Å². The van der Waals surface area contributed by atoms with Crippen LogP contribution in [0.4, 0.5) is 0 Å². The Balaban J connectivity index is 6.96. The summed E-state index contributed by atoms with van der Waals surface area (Å²) in [6.07, 6.45) is 0.958. The molecule has 0 aromatic rings. The fourth-order valence-electron chi connectivity index (χ4n) is 1.37. The second kappa shape index (κ2) is 3.67. The Morgan fingerprint density at radius 1 is 0.812 bits per heavy atom. The van der Waals surface area contributed by atoms with Gasteiger partial charge in [0.05, 0.1) is 0 Å². The van der Waals surface area contributed by atoms with Crippen LogP contribution in [-0.4, -0.2) is 53.3 Å². The molecule has 0 aliphatic heterocycles. The fourth-order valence-corrected chi connectivity index (χ4v) is 9.07. The van der Waals surface area contributed by atoms with Crippen molar-refractivity contribution in [3.05, 3.63) is 0 Å². The lowest BCUT2D eigenvalue weighted by atomic mass is 10.7. The summed E-state index contributed by atoms with van der Waals surface area (Å²) in [5, 5.41) is 0. The molecule has 0 aromatic heterocycles. The first-order valence-electron chi connectivity index (χ1n) is 3.58. The molecule has 0 aliphatic rings. The Morgan fingerprint density at radius 2 is 1.00 bits per heavy atom. The van der Waals surface area contributed by atoms with E-state index in [0.717, 1.165) is 0 Å². The molecule has 0 bridgehead atoms. The normalized spacial score (nSPS) is 14.7. The minimum atomic E-state index is -4.79. The number of hydrogen-bond donors (Lipinski definition) is 1. The van der Waals surface area contributed by atoms with Crippen LogP contribution in [0.1, 0.15) is 0 Å². The van der Waals surface area contributed by atoms with Crippen molar-refractivity contribution < 1.29 is 30.0 Å². The van der Waals surface area contributed by atoms with Crippen LogP contribution in [0.2, 0.25) is 0 Å². The molecule has 0 fully saturated rings. The van der Waals surface area contributed by atoms with Gasteiger partial charge in [-0.15, -0.1) is 0 Å². The Kier molecular flexibility index (Phi) is 3.51. The van der Waals surface area contributed by atoms with Gasteiger partial charge in [-0.25, -0.2) is 25.3 Å². The number of hydrogen-bond acceptors (Lipinski definition) is 7. The van der Waals surface area contributed by atoms with Gasteiger partial charge in [0.25, 0.3) is 5.91 Å². The van der Waals surface area contributed by atoms with E-state index in [2.05, 4.69) is 5.73 Å². The average molecular weight is 293 g/mol. The maximum Gasteiger partial charge on any atom is 0.347 e. The van der Waals surface area contributed by atoms with E-state index < -0.39 is 38.8 Å². The second-order valence-electron chi connectivity index (χ2n) is 3.24. The lowest BCUT2D eigenvalue weighted by molar-refractivity contribution is -0.117. The van der Waals surface area contributed by atoms with E-state index in [9.17, 15) is 30.0 Å². The van der Waals surface area contributed by atoms with Crippen LogP contribution in [0.3, 0.4) is 0 Å². The van der Waals surface area contributed by atoms with Crippen molar-refractivity contribution in [1.29, 1.82) is 0 Å². The molecule has 0 aliphatic carbocycles. The molecule has 0 saturated heterocycles. The van der Waals surface area contributed by atoms with Crippen molar-refractivity contribution in [2.24, 2.45) is 5.73 Å². The monoisotopic (exact) mass is 293 g/mol. The van der Waals surface area contributed by atoms with E-state index in [0.29, 0.717) is 18.8 Å². The zero-order valence-corrected chi connectivity index (χ0v) is 11.1. The van der Waals surface area contributed by atoms with Gasteiger partial charge in [0, 0.05) is 18.8 Å². The van der Waals surface area contributed by atoms with Crippen LogP contribution in [0, 0.1) is 0 Å². The first-order chi connectivity index (χ1) is 6.69. The summed E-state index contributed by atoms with van der Waals surface area (Å²) in [7, 11) is -14.4. The van der Waals surface area contributed by atoms with Gasteiger partial charge < -0.3 is 5.73 Å². The highest BCUT2D eigenvalue weighted by Gasteiger charge is 2.64. The zero-order chi connectivity index (χ0) is 13.6. The lowest BCUT2D eigenvalue weighted by Crippen LogP contribution is -2.60. The van der Waals surface area contributed by atoms with Crippen molar-refractivity contribution >= 4 is 35.4 Å². The second-order valence-corrected chi connectivity index (χ2v) is 10.5. The van der Waals surface area contributed by atoms with E-state index in [1.165, 1.54) is 0 Å². The van der Waals surface area contributed by atoms with Crippen molar-refractivity contribution in [2.75, 3.05) is 18.8 Å². The minimum absolute atomic E-state index is 0.319. The van der Waals surface area contributed by atoms with E-state index in [1.54, 1.807) is 0 Å². The number of carbonyl (C=O) groups is 1. The number of sulfone groups is 3. The van der Waals surface area contributed by atoms with Gasteiger partial charge in [-0.2, -0.15) is 0 Å². The highest BCUT2D eigenvalue weighted by atomic mass is 32.3. The van der Waals surface area contributed by atoms with Gasteiger partial charge in [0.1, 0.15) is 0 Å². The van der Waals surface area contributed by atoms with Gasteiger partial charge in [0.15, 0.2) is 29.5 Å². The smallest absolute Gasteiger partial charge is 0.347 e. The van der Waals surface area contributed by atoms with Gasteiger partial charge in [-0.3, -0.25) is 4.79 Å². The first-order valence-corrected chi connectivity index (χ1v) is 9.25. The van der Waals surface area contributed by atoms with E-state index >= 15 is 0 Å². The first kappa shape index (κ1) is 15.3. The molecule has 0 spiro atoms. The average Bonchev–Trinajstić information content (AvgIpc) is 1.71. The molecular formula is C5H11NO7S3. The quantitative estimate of drug-likeness (QED) is 0.591. The summed E-state index contributed by atoms with van der Waals surface area (Å²) in [5.74, 6) is -1.96. The largest absolute Gasteiger partial charge is 0.366 e. The summed E-state index contributed by atoms with van der Waals surface area (Å²) in [5.41, 5.74) is 4.65. The predicted molar refractivity (Wildman–Crippen MR) is 56.5 cm³/mol. The number of nitrogens with two attached hydrogens (primary N) is 1. The highest BCUT2D eigenvalue weighted by Crippen LogP contribution is 2.29. The number of primary amides is 1. The van der Waals surface area contributed by atoms with Crippen LogP contribution < -0.4 is 5.73 Å². The SMILES string of the molecule is CS(=O)(=O)C(C(N)=O)(S(C)(=O)=O)S(C)(=O)=O. The summed E-state index contributed by atoms with van der Waals surface area (Å²) in [6.45, 7) is 0. The molecule has 11 heteroatoms. The molecule has 0 aromatic carbocycles. The molecular weight excluding hydrogens is 282 g/mol. The van der Waals surface area contributed by atoms with Gasteiger partial charge in [-0.1, -0.05) is 0 Å². The van der Waals surface area contributed by atoms with Crippen molar-refractivity contribution in [3.8, 4) is 0 Å². The molecule has 0 radical (unpaired) electrons.